The van der Waals surface area contributed by atoms with Crippen LogP contribution in [0.15, 0.2) is 12.2 Å². The lowest BCUT2D eigenvalue weighted by Gasteiger charge is -1.94. The Balaban J connectivity index is 2.66. The van der Waals surface area contributed by atoms with Crippen molar-refractivity contribution < 1.29 is 14.7 Å². The highest BCUT2D eigenvalue weighted by Gasteiger charge is 2.07. The lowest BCUT2D eigenvalue weighted by Crippen LogP contribution is -2.08. The number of aromatic nitrogens is 1. The van der Waals surface area contributed by atoms with Gasteiger partial charge in [-0.1, -0.05) is 6.92 Å². The summed E-state index contributed by atoms with van der Waals surface area (Å²) in [6.07, 6.45) is 2.56. The summed E-state index contributed by atoms with van der Waals surface area (Å²) in [7, 11) is 0. The number of aryl methyl sites for hydroxylation is 2. The van der Waals surface area contributed by atoms with Crippen LogP contribution in [0.2, 0.25) is 0 Å². The van der Waals surface area contributed by atoms with E-state index in [-0.39, 0.29) is 0 Å². The number of aliphatic carboxylic acids is 1. The Morgan fingerprint density at radius 1 is 1.50 bits per heavy atom. The van der Waals surface area contributed by atoms with Gasteiger partial charge in [-0.15, -0.1) is 11.3 Å². The van der Waals surface area contributed by atoms with Crippen molar-refractivity contribution in [3.63, 3.8) is 0 Å². The number of nitrogens with one attached hydrogen (secondary N) is 1. The van der Waals surface area contributed by atoms with Crippen LogP contribution in [0, 0.1) is 6.92 Å². The first-order chi connectivity index (χ1) is 7.52. The summed E-state index contributed by atoms with van der Waals surface area (Å²) in [5.41, 5.74) is 0.947. The van der Waals surface area contributed by atoms with Gasteiger partial charge in [-0.05, 0) is 13.3 Å². The summed E-state index contributed by atoms with van der Waals surface area (Å²) in [4.78, 5) is 26.7. The number of carboxylic acids is 1. The Morgan fingerprint density at radius 3 is 2.69 bits per heavy atom. The fourth-order valence-electron chi connectivity index (χ4n) is 1.10. The minimum atomic E-state index is -1.15. The highest BCUT2D eigenvalue weighted by molar-refractivity contribution is 7.15. The van der Waals surface area contributed by atoms with E-state index in [1.54, 1.807) is 0 Å². The van der Waals surface area contributed by atoms with Gasteiger partial charge in [-0.25, -0.2) is 9.78 Å². The smallest absolute Gasteiger partial charge is 0.328 e. The molecule has 0 atom stereocenters. The van der Waals surface area contributed by atoms with Crippen LogP contribution in [-0.4, -0.2) is 22.0 Å². The van der Waals surface area contributed by atoms with Crippen LogP contribution >= 0.6 is 11.3 Å². The molecule has 0 saturated heterocycles. The van der Waals surface area contributed by atoms with Crippen molar-refractivity contribution in [2.75, 3.05) is 5.32 Å². The van der Waals surface area contributed by atoms with Crippen LogP contribution in [-0.2, 0) is 16.0 Å². The molecule has 0 aromatic carbocycles. The molecule has 0 radical (unpaired) electrons. The third-order valence-electron chi connectivity index (χ3n) is 1.83. The lowest BCUT2D eigenvalue weighted by molar-refractivity contribution is -0.131. The zero-order chi connectivity index (χ0) is 12.1. The highest BCUT2D eigenvalue weighted by Crippen LogP contribution is 2.22. The number of anilines is 1. The molecule has 1 heterocycles. The Labute approximate surface area is 96.8 Å². The molecule has 86 valence electrons. The SMILES string of the molecule is CCc1nc(NC(=O)/C=C/C(=O)O)sc1C. The van der Waals surface area contributed by atoms with Gasteiger partial charge in [0.25, 0.3) is 0 Å². The van der Waals surface area contributed by atoms with Gasteiger partial charge in [0.2, 0.25) is 5.91 Å². The van der Waals surface area contributed by atoms with E-state index in [2.05, 4.69) is 10.3 Å². The van der Waals surface area contributed by atoms with Gasteiger partial charge in [0.15, 0.2) is 5.13 Å². The molecule has 0 aliphatic rings. The maximum absolute atomic E-state index is 11.2. The van der Waals surface area contributed by atoms with Gasteiger partial charge in [-0.3, -0.25) is 10.1 Å². The quantitative estimate of drug-likeness (QED) is 0.783. The van der Waals surface area contributed by atoms with E-state index < -0.39 is 11.9 Å². The largest absolute Gasteiger partial charge is 0.478 e. The first-order valence-corrected chi connectivity index (χ1v) is 5.53. The predicted molar refractivity (Wildman–Crippen MR) is 61.6 cm³/mol. The van der Waals surface area contributed by atoms with Crippen molar-refractivity contribution in [2.45, 2.75) is 20.3 Å². The normalized spacial score (nSPS) is 10.6. The van der Waals surface area contributed by atoms with Crippen LogP contribution in [0.3, 0.4) is 0 Å². The lowest BCUT2D eigenvalue weighted by atomic mass is 10.3. The van der Waals surface area contributed by atoms with Crippen molar-refractivity contribution >= 4 is 28.3 Å². The molecule has 1 rings (SSSR count). The minimum absolute atomic E-state index is 0.487. The summed E-state index contributed by atoms with van der Waals surface area (Å²) in [6, 6.07) is 0. The van der Waals surface area contributed by atoms with Gasteiger partial charge in [0.1, 0.15) is 0 Å². The van der Waals surface area contributed by atoms with Crippen molar-refractivity contribution in [2.24, 2.45) is 0 Å². The number of carboxylic acid groups (broad SMARTS) is 1. The van der Waals surface area contributed by atoms with E-state index in [1.165, 1.54) is 11.3 Å². The van der Waals surface area contributed by atoms with Crippen molar-refractivity contribution in [1.82, 2.24) is 4.98 Å². The topological polar surface area (TPSA) is 79.3 Å². The first-order valence-electron chi connectivity index (χ1n) is 4.71. The molecule has 0 fully saturated rings. The maximum atomic E-state index is 11.2. The van der Waals surface area contributed by atoms with Crippen molar-refractivity contribution in [1.29, 1.82) is 0 Å². The fraction of sp³-hybridized carbons (Fsp3) is 0.300. The molecule has 1 amide bonds. The van der Waals surface area contributed by atoms with Crippen LogP contribution in [0.5, 0.6) is 0 Å². The van der Waals surface area contributed by atoms with Gasteiger partial charge in [0, 0.05) is 17.0 Å². The number of amides is 1. The Bertz CT molecular complexity index is 437. The van der Waals surface area contributed by atoms with E-state index in [0.717, 1.165) is 29.1 Å². The molecule has 0 spiro atoms. The third-order valence-corrected chi connectivity index (χ3v) is 2.76. The molecule has 16 heavy (non-hydrogen) atoms. The average molecular weight is 240 g/mol. The van der Waals surface area contributed by atoms with Crippen LogP contribution in [0.1, 0.15) is 17.5 Å². The Morgan fingerprint density at radius 2 is 2.19 bits per heavy atom. The molecule has 5 nitrogen and oxygen atoms in total. The molecule has 0 saturated carbocycles. The summed E-state index contributed by atoms with van der Waals surface area (Å²) in [6.45, 7) is 3.91. The number of carbonyl (C=O) groups is 2. The van der Waals surface area contributed by atoms with E-state index in [1.807, 2.05) is 13.8 Å². The van der Waals surface area contributed by atoms with Gasteiger partial charge >= 0.3 is 5.97 Å². The summed E-state index contributed by atoms with van der Waals surface area (Å²) in [5.74, 6) is -1.64. The predicted octanol–water partition coefficient (Wildman–Crippen LogP) is 1.59. The standard InChI is InChI=1S/C10H12N2O3S/c1-3-7-6(2)16-10(11-7)12-8(13)4-5-9(14)15/h4-5H,3H2,1-2H3,(H,14,15)(H,11,12,13)/b5-4+. The number of rotatable bonds is 4. The molecule has 0 aliphatic heterocycles. The average Bonchev–Trinajstić information content (AvgIpc) is 2.55. The summed E-state index contributed by atoms with van der Waals surface area (Å²) < 4.78 is 0. The molecular formula is C10H12N2O3S. The maximum Gasteiger partial charge on any atom is 0.328 e. The molecular weight excluding hydrogens is 228 g/mol. The van der Waals surface area contributed by atoms with Gasteiger partial charge < -0.3 is 5.11 Å². The highest BCUT2D eigenvalue weighted by atomic mass is 32.1. The van der Waals surface area contributed by atoms with Gasteiger partial charge in [-0.2, -0.15) is 0 Å². The van der Waals surface area contributed by atoms with Crippen molar-refractivity contribution in [3.8, 4) is 0 Å². The van der Waals surface area contributed by atoms with Crippen LogP contribution < -0.4 is 5.32 Å². The van der Waals surface area contributed by atoms with E-state index in [0.29, 0.717) is 5.13 Å². The number of carbonyl (C=O) groups excluding carboxylic acids is 1. The molecule has 6 heteroatoms. The number of hydrogen-bond acceptors (Lipinski definition) is 4. The summed E-state index contributed by atoms with van der Waals surface area (Å²) >= 11 is 1.38. The Kier molecular flexibility index (Phi) is 4.19. The van der Waals surface area contributed by atoms with Crippen LogP contribution in [0.4, 0.5) is 5.13 Å². The first kappa shape index (κ1) is 12.4. The van der Waals surface area contributed by atoms with Crippen molar-refractivity contribution in [3.05, 3.63) is 22.7 Å². The van der Waals surface area contributed by atoms with Gasteiger partial charge in [0.05, 0.1) is 5.69 Å². The molecule has 0 bridgehead atoms. The summed E-state index contributed by atoms with van der Waals surface area (Å²) in [5, 5.41) is 11.3. The van der Waals surface area contributed by atoms with E-state index >= 15 is 0 Å². The number of thiazole rings is 1. The zero-order valence-electron chi connectivity index (χ0n) is 8.98. The van der Waals surface area contributed by atoms with E-state index in [9.17, 15) is 9.59 Å². The van der Waals surface area contributed by atoms with Crippen LogP contribution in [0.25, 0.3) is 0 Å². The molecule has 1 aromatic heterocycles. The second-order valence-electron chi connectivity index (χ2n) is 3.04. The molecule has 1 aromatic rings. The minimum Gasteiger partial charge on any atom is -0.478 e. The second-order valence-corrected chi connectivity index (χ2v) is 4.24. The molecule has 2 N–H and O–H groups in total. The Hall–Kier alpha value is -1.69. The molecule has 0 aliphatic carbocycles. The van der Waals surface area contributed by atoms with E-state index in [4.69, 9.17) is 5.11 Å². The monoisotopic (exact) mass is 240 g/mol. The molecule has 0 unspecified atom stereocenters. The third kappa shape index (κ3) is 3.47. The number of hydrogen-bond donors (Lipinski definition) is 2. The zero-order valence-corrected chi connectivity index (χ0v) is 9.80. The second kappa shape index (κ2) is 5.41. The number of nitrogens with zero attached hydrogens (tertiary/aromatic N) is 1. The fourth-order valence-corrected chi connectivity index (χ4v) is 2.01.